The first kappa shape index (κ1) is 15.5. The summed E-state index contributed by atoms with van der Waals surface area (Å²) in [5.74, 6) is 1.24. The zero-order chi connectivity index (χ0) is 14.8. The summed E-state index contributed by atoms with van der Waals surface area (Å²) in [6.45, 7) is 6.93. The predicted octanol–water partition coefficient (Wildman–Crippen LogP) is 3.24. The third kappa shape index (κ3) is 4.57. The highest BCUT2D eigenvalue weighted by atomic mass is 19.4. The number of hydrogen-bond donors (Lipinski definition) is 2. The lowest BCUT2D eigenvalue weighted by atomic mass is 10.2. The number of halogens is 3. The summed E-state index contributed by atoms with van der Waals surface area (Å²) in [6.07, 6.45) is -5.13. The van der Waals surface area contributed by atoms with Crippen LogP contribution in [0, 0.1) is 6.92 Å². The summed E-state index contributed by atoms with van der Waals surface area (Å²) in [5.41, 5.74) is 6.32. The molecule has 0 saturated heterocycles. The molecule has 0 spiro atoms. The SMILES string of the molecule is Cc1c(N)nc(C(C)C)nc1NC(C)CC(F)(F)F. The Morgan fingerprint density at radius 3 is 2.26 bits per heavy atom. The van der Waals surface area contributed by atoms with Crippen molar-refractivity contribution < 1.29 is 13.2 Å². The van der Waals surface area contributed by atoms with Crippen molar-refractivity contribution in [1.82, 2.24) is 9.97 Å². The zero-order valence-electron chi connectivity index (χ0n) is 11.5. The summed E-state index contributed by atoms with van der Waals surface area (Å²) >= 11 is 0. The van der Waals surface area contributed by atoms with Crippen molar-refractivity contribution in [3.8, 4) is 0 Å². The first-order chi connectivity index (χ1) is 8.60. The highest BCUT2D eigenvalue weighted by Gasteiger charge is 2.30. The fraction of sp³-hybridized carbons (Fsp3) is 0.667. The maximum atomic E-state index is 12.3. The van der Waals surface area contributed by atoms with Gasteiger partial charge in [0.1, 0.15) is 17.5 Å². The third-order valence-electron chi connectivity index (χ3n) is 2.64. The van der Waals surface area contributed by atoms with Crippen molar-refractivity contribution in [3.05, 3.63) is 11.4 Å². The van der Waals surface area contributed by atoms with Crippen molar-refractivity contribution in [1.29, 1.82) is 0 Å². The van der Waals surface area contributed by atoms with Crippen molar-refractivity contribution in [2.45, 2.75) is 52.3 Å². The number of nitrogens with zero attached hydrogens (tertiary/aromatic N) is 2. The van der Waals surface area contributed by atoms with Crippen LogP contribution in [0.3, 0.4) is 0 Å². The lowest BCUT2D eigenvalue weighted by Crippen LogP contribution is -2.25. The van der Waals surface area contributed by atoms with Crippen molar-refractivity contribution in [3.63, 3.8) is 0 Å². The van der Waals surface area contributed by atoms with Gasteiger partial charge in [0.05, 0.1) is 6.42 Å². The minimum absolute atomic E-state index is 0.0568. The van der Waals surface area contributed by atoms with Gasteiger partial charge >= 0.3 is 6.18 Å². The highest BCUT2D eigenvalue weighted by Crippen LogP contribution is 2.25. The minimum atomic E-state index is -4.21. The van der Waals surface area contributed by atoms with E-state index in [0.717, 1.165) is 0 Å². The van der Waals surface area contributed by atoms with Gasteiger partial charge in [-0.05, 0) is 13.8 Å². The normalized spacial score (nSPS) is 13.7. The Kier molecular flexibility index (Phi) is 4.60. The molecule has 0 radical (unpaired) electrons. The van der Waals surface area contributed by atoms with Crippen LogP contribution in [0.25, 0.3) is 0 Å². The fourth-order valence-electron chi connectivity index (χ4n) is 1.58. The van der Waals surface area contributed by atoms with Crippen molar-refractivity contribution in [2.75, 3.05) is 11.1 Å². The number of nitrogen functional groups attached to an aromatic ring is 1. The van der Waals surface area contributed by atoms with Gasteiger partial charge in [-0.1, -0.05) is 13.8 Å². The van der Waals surface area contributed by atoms with Crippen LogP contribution in [0.15, 0.2) is 0 Å². The summed E-state index contributed by atoms with van der Waals surface area (Å²) in [7, 11) is 0. The van der Waals surface area contributed by atoms with E-state index in [-0.39, 0.29) is 5.92 Å². The van der Waals surface area contributed by atoms with E-state index in [1.54, 1.807) is 6.92 Å². The van der Waals surface area contributed by atoms with Gasteiger partial charge < -0.3 is 11.1 Å². The van der Waals surface area contributed by atoms with Crippen molar-refractivity contribution in [2.24, 2.45) is 0 Å². The van der Waals surface area contributed by atoms with Crippen LogP contribution >= 0.6 is 0 Å². The number of aromatic nitrogens is 2. The molecule has 0 aliphatic heterocycles. The Morgan fingerprint density at radius 2 is 1.79 bits per heavy atom. The zero-order valence-corrected chi connectivity index (χ0v) is 11.5. The number of anilines is 2. The number of hydrogen-bond acceptors (Lipinski definition) is 4. The molecule has 3 N–H and O–H groups in total. The smallest absolute Gasteiger partial charge is 0.383 e. The first-order valence-corrected chi connectivity index (χ1v) is 6.07. The predicted molar refractivity (Wildman–Crippen MR) is 69.0 cm³/mol. The van der Waals surface area contributed by atoms with E-state index in [1.807, 2.05) is 13.8 Å². The average Bonchev–Trinajstić information content (AvgIpc) is 2.21. The second-order valence-corrected chi connectivity index (χ2v) is 4.96. The van der Waals surface area contributed by atoms with E-state index >= 15 is 0 Å². The molecule has 0 fully saturated rings. The molecule has 108 valence electrons. The highest BCUT2D eigenvalue weighted by molar-refractivity contribution is 5.55. The quantitative estimate of drug-likeness (QED) is 0.886. The van der Waals surface area contributed by atoms with Gasteiger partial charge in [-0.15, -0.1) is 0 Å². The molecule has 0 amide bonds. The van der Waals surface area contributed by atoms with Crippen LogP contribution < -0.4 is 11.1 Å². The Morgan fingerprint density at radius 1 is 1.21 bits per heavy atom. The third-order valence-corrected chi connectivity index (χ3v) is 2.64. The molecule has 7 heteroatoms. The topological polar surface area (TPSA) is 63.8 Å². The van der Waals surface area contributed by atoms with Crippen LogP contribution in [0.1, 0.15) is 44.5 Å². The van der Waals surface area contributed by atoms with Crippen LogP contribution in [0.2, 0.25) is 0 Å². The molecular weight excluding hydrogens is 257 g/mol. The number of nitrogens with one attached hydrogen (secondary N) is 1. The first-order valence-electron chi connectivity index (χ1n) is 6.07. The molecule has 1 aromatic heterocycles. The van der Waals surface area contributed by atoms with E-state index < -0.39 is 18.6 Å². The van der Waals surface area contributed by atoms with Gasteiger partial charge in [0.2, 0.25) is 0 Å². The van der Waals surface area contributed by atoms with Gasteiger partial charge in [-0.2, -0.15) is 13.2 Å². The Bertz CT molecular complexity index is 443. The van der Waals surface area contributed by atoms with E-state index in [4.69, 9.17) is 5.73 Å². The number of alkyl halides is 3. The molecular formula is C12H19F3N4. The van der Waals surface area contributed by atoms with Crippen molar-refractivity contribution >= 4 is 11.6 Å². The second kappa shape index (κ2) is 5.63. The van der Waals surface area contributed by atoms with Crippen LogP contribution in [-0.2, 0) is 0 Å². The van der Waals surface area contributed by atoms with Crippen LogP contribution in [0.5, 0.6) is 0 Å². The average molecular weight is 276 g/mol. The lowest BCUT2D eigenvalue weighted by Gasteiger charge is -2.19. The Labute approximate surface area is 110 Å². The summed E-state index contributed by atoms with van der Waals surface area (Å²) < 4.78 is 36.9. The summed E-state index contributed by atoms with van der Waals surface area (Å²) in [5, 5.41) is 2.75. The largest absolute Gasteiger partial charge is 0.391 e. The fourth-order valence-corrected chi connectivity index (χ4v) is 1.58. The monoisotopic (exact) mass is 276 g/mol. The molecule has 0 saturated carbocycles. The van der Waals surface area contributed by atoms with E-state index in [0.29, 0.717) is 23.0 Å². The molecule has 0 aliphatic rings. The molecule has 4 nitrogen and oxygen atoms in total. The van der Waals surface area contributed by atoms with E-state index in [2.05, 4.69) is 15.3 Å². The van der Waals surface area contributed by atoms with Crippen LogP contribution in [0.4, 0.5) is 24.8 Å². The number of rotatable bonds is 4. The molecule has 0 bridgehead atoms. The lowest BCUT2D eigenvalue weighted by molar-refractivity contribution is -0.136. The molecule has 19 heavy (non-hydrogen) atoms. The molecule has 1 aromatic rings. The van der Waals surface area contributed by atoms with Gasteiger partial charge in [-0.25, -0.2) is 9.97 Å². The maximum absolute atomic E-state index is 12.3. The molecule has 1 atom stereocenters. The number of nitrogens with two attached hydrogens (primary N) is 1. The van der Waals surface area contributed by atoms with Gasteiger partial charge in [0, 0.05) is 17.5 Å². The van der Waals surface area contributed by atoms with Gasteiger partial charge in [-0.3, -0.25) is 0 Å². The molecule has 1 rings (SSSR count). The molecule has 0 aliphatic carbocycles. The molecule has 0 aromatic carbocycles. The summed E-state index contributed by atoms with van der Waals surface area (Å²) in [6, 6.07) is -0.770. The van der Waals surface area contributed by atoms with E-state index in [9.17, 15) is 13.2 Å². The molecule has 1 heterocycles. The Balaban J connectivity index is 2.94. The maximum Gasteiger partial charge on any atom is 0.391 e. The standard InChI is InChI=1S/C12H19F3N4/c1-6(2)10-18-9(16)8(4)11(19-10)17-7(3)5-12(13,14)15/h6-7H,5H2,1-4H3,(H3,16,17,18,19). The Hall–Kier alpha value is -1.53. The second-order valence-electron chi connectivity index (χ2n) is 4.96. The van der Waals surface area contributed by atoms with Gasteiger partial charge in [0.15, 0.2) is 0 Å². The van der Waals surface area contributed by atoms with Gasteiger partial charge in [0.25, 0.3) is 0 Å². The molecule has 1 unspecified atom stereocenters. The van der Waals surface area contributed by atoms with E-state index in [1.165, 1.54) is 6.92 Å². The summed E-state index contributed by atoms with van der Waals surface area (Å²) in [4.78, 5) is 8.35. The van der Waals surface area contributed by atoms with Crippen LogP contribution in [-0.4, -0.2) is 22.2 Å². The minimum Gasteiger partial charge on any atom is -0.383 e.